The Morgan fingerprint density at radius 2 is 2.26 bits per heavy atom. The Kier molecular flexibility index (Phi) is 4.96. The quantitative estimate of drug-likeness (QED) is 0.797. The zero-order valence-electron chi connectivity index (χ0n) is 11.7. The van der Waals surface area contributed by atoms with Gasteiger partial charge in [-0.1, -0.05) is 13.3 Å². The van der Waals surface area contributed by atoms with E-state index in [1.807, 2.05) is 17.1 Å². The van der Waals surface area contributed by atoms with Crippen molar-refractivity contribution in [2.75, 3.05) is 26.2 Å². The first kappa shape index (κ1) is 14.5. The standard InChI is InChI=1S/C14H25N3O2/c1-2-3-14(11-18)4-6-16(10-13(14)19)8-9-17-7-5-15-12-17/h5,7,12-13,18-19H,2-4,6,8-11H2,1H3/t13-,14-/m1/s1. The molecule has 1 aliphatic rings. The lowest BCUT2D eigenvalue weighted by molar-refractivity contribution is -0.0788. The van der Waals surface area contributed by atoms with Gasteiger partial charge in [-0.25, -0.2) is 4.98 Å². The zero-order valence-corrected chi connectivity index (χ0v) is 11.7. The van der Waals surface area contributed by atoms with Crippen LogP contribution in [0.2, 0.25) is 0 Å². The number of β-amino-alcohol motifs (C(OH)–C–C–N with tert-alkyl or cyclic N) is 1. The van der Waals surface area contributed by atoms with Gasteiger partial charge in [0.2, 0.25) is 0 Å². The van der Waals surface area contributed by atoms with Crippen LogP contribution in [0.5, 0.6) is 0 Å². The molecule has 2 rings (SSSR count). The lowest BCUT2D eigenvalue weighted by atomic mass is 9.73. The molecule has 0 radical (unpaired) electrons. The van der Waals surface area contributed by atoms with E-state index in [-0.39, 0.29) is 12.0 Å². The molecule has 1 fully saturated rings. The van der Waals surface area contributed by atoms with Crippen LogP contribution in [-0.2, 0) is 6.54 Å². The number of likely N-dealkylation sites (tertiary alicyclic amines) is 1. The fourth-order valence-corrected chi connectivity index (χ4v) is 3.01. The number of piperidine rings is 1. The van der Waals surface area contributed by atoms with Crippen LogP contribution < -0.4 is 0 Å². The topological polar surface area (TPSA) is 61.5 Å². The highest BCUT2D eigenvalue weighted by atomic mass is 16.3. The first-order chi connectivity index (χ1) is 9.20. The van der Waals surface area contributed by atoms with Gasteiger partial charge in [0, 0.05) is 37.4 Å². The third-order valence-electron chi connectivity index (χ3n) is 4.36. The van der Waals surface area contributed by atoms with Crippen LogP contribution in [0, 0.1) is 5.41 Å². The van der Waals surface area contributed by atoms with Crippen molar-refractivity contribution in [1.82, 2.24) is 14.5 Å². The van der Waals surface area contributed by atoms with Crippen molar-refractivity contribution in [3.8, 4) is 0 Å². The van der Waals surface area contributed by atoms with E-state index in [4.69, 9.17) is 0 Å². The van der Waals surface area contributed by atoms with E-state index >= 15 is 0 Å². The Morgan fingerprint density at radius 3 is 2.84 bits per heavy atom. The maximum atomic E-state index is 10.4. The fraction of sp³-hybridized carbons (Fsp3) is 0.786. The molecule has 1 aromatic rings. The van der Waals surface area contributed by atoms with E-state index in [0.717, 1.165) is 38.9 Å². The van der Waals surface area contributed by atoms with E-state index in [2.05, 4.69) is 16.8 Å². The maximum absolute atomic E-state index is 10.4. The van der Waals surface area contributed by atoms with Crippen molar-refractivity contribution < 1.29 is 10.2 Å². The van der Waals surface area contributed by atoms with Gasteiger partial charge in [0.1, 0.15) is 0 Å². The summed E-state index contributed by atoms with van der Waals surface area (Å²) in [5.41, 5.74) is -0.278. The van der Waals surface area contributed by atoms with E-state index in [1.165, 1.54) is 0 Å². The molecule has 0 aliphatic carbocycles. The predicted octanol–water partition coefficient (Wildman–Crippen LogP) is 0.729. The van der Waals surface area contributed by atoms with Crippen molar-refractivity contribution in [1.29, 1.82) is 0 Å². The summed E-state index contributed by atoms with van der Waals surface area (Å²) in [4.78, 5) is 6.30. The summed E-state index contributed by atoms with van der Waals surface area (Å²) in [5.74, 6) is 0. The molecule has 2 heterocycles. The number of aliphatic hydroxyl groups is 2. The minimum atomic E-state index is -0.422. The van der Waals surface area contributed by atoms with Gasteiger partial charge >= 0.3 is 0 Å². The molecule has 0 aromatic carbocycles. The molecule has 1 aliphatic heterocycles. The third kappa shape index (κ3) is 3.35. The van der Waals surface area contributed by atoms with Crippen LogP contribution in [0.25, 0.3) is 0 Å². The zero-order chi connectivity index (χ0) is 13.7. The SMILES string of the molecule is CCC[C@]1(CO)CCN(CCn2ccnc2)C[C@H]1O. The Morgan fingerprint density at radius 1 is 1.42 bits per heavy atom. The molecule has 0 amide bonds. The smallest absolute Gasteiger partial charge is 0.0946 e. The van der Waals surface area contributed by atoms with Gasteiger partial charge in [0.15, 0.2) is 0 Å². The highest BCUT2D eigenvalue weighted by molar-refractivity contribution is 4.92. The van der Waals surface area contributed by atoms with E-state index in [0.29, 0.717) is 6.54 Å². The lowest BCUT2D eigenvalue weighted by Crippen LogP contribution is -2.53. The Hall–Kier alpha value is -0.910. The summed E-state index contributed by atoms with van der Waals surface area (Å²) in [6.45, 7) is 5.63. The third-order valence-corrected chi connectivity index (χ3v) is 4.36. The predicted molar refractivity (Wildman–Crippen MR) is 73.7 cm³/mol. The van der Waals surface area contributed by atoms with E-state index in [9.17, 15) is 10.2 Å². The number of nitrogens with zero attached hydrogens (tertiary/aromatic N) is 3. The first-order valence-electron chi connectivity index (χ1n) is 7.17. The van der Waals surface area contributed by atoms with Crippen LogP contribution in [0.15, 0.2) is 18.7 Å². The molecule has 0 saturated carbocycles. The monoisotopic (exact) mass is 267 g/mol. The summed E-state index contributed by atoms with van der Waals surface area (Å²) in [5, 5.41) is 20.0. The Balaban J connectivity index is 1.85. The normalized spacial score (nSPS) is 28.7. The minimum absolute atomic E-state index is 0.0946. The van der Waals surface area contributed by atoms with Gasteiger partial charge in [-0.15, -0.1) is 0 Å². The maximum Gasteiger partial charge on any atom is 0.0946 e. The number of imidazole rings is 1. The van der Waals surface area contributed by atoms with Crippen LogP contribution in [0.4, 0.5) is 0 Å². The van der Waals surface area contributed by atoms with Crippen LogP contribution in [-0.4, -0.2) is 57.0 Å². The molecule has 2 N–H and O–H groups in total. The number of hydrogen-bond acceptors (Lipinski definition) is 4. The molecule has 0 bridgehead atoms. The largest absolute Gasteiger partial charge is 0.396 e. The second-order valence-electron chi connectivity index (χ2n) is 5.64. The van der Waals surface area contributed by atoms with Crippen molar-refractivity contribution >= 4 is 0 Å². The highest BCUT2D eigenvalue weighted by Gasteiger charge is 2.40. The second-order valence-corrected chi connectivity index (χ2v) is 5.64. The van der Waals surface area contributed by atoms with Gasteiger partial charge in [-0.2, -0.15) is 0 Å². The lowest BCUT2D eigenvalue weighted by Gasteiger charge is -2.44. The molecule has 5 nitrogen and oxygen atoms in total. The van der Waals surface area contributed by atoms with Crippen molar-refractivity contribution in [3.05, 3.63) is 18.7 Å². The molecule has 1 saturated heterocycles. The van der Waals surface area contributed by atoms with E-state index in [1.54, 1.807) is 6.20 Å². The van der Waals surface area contributed by atoms with Gasteiger partial charge in [0.05, 0.1) is 19.0 Å². The molecule has 19 heavy (non-hydrogen) atoms. The molecule has 0 spiro atoms. The van der Waals surface area contributed by atoms with Gasteiger partial charge < -0.3 is 14.8 Å². The summed E-state index contributed by atoms with van der Waals surface area (Å²) in [6.07, 6.45) is 7.91. The van der Waals surface area contributed by atoms with Gasteiger partial charge in [-0.3, -0.25) is 4.90 Å². The van der Waals surface area contributed by atoms with Gasteiger partial charge in [0.25, 0.3) is 0 Å². The summed E-state index contributed by atoms with van der Waals surface area (Å²) in [6, 6.07) is 0. The Bertz CT molecular complexity index is 369. The van der Waals surface area contributed by atoms with E-state index < -0.39 is 6.10 Å². The van der Waals surface area contributed by atoms with Crippen molar-refractivity contribution in [2.24, 2.45) is 5.41 Å². The van der Waals surface area contributed by atoms with Crippen LogP contribution in [0.1, 0.15) is 26.2 Å². The second kappa shape index (κ2) is 6.50. The average Bonchev–Trinajstić information content (AvgIpc) is 2.93. The number of hydrogen-bond donors (Lipinski definition) is 2. The minimum Gasteiger partial charge on any atom is -0.396 e. The molecule has 1 aromatic heterocycles. The van der Waals surface area contributed by atoms with Gasteiger partial charge in [-0.05, 0) is 19.4 Å². The number of rotatable bonds is 6. The molecule has 108 valence electrons. The molecule has 5 heteroatoms. The average molecular weight is 267 g/mol. The first-order valence-corrected chi connectivity index (χ1v) is 7.17. The van der Waals surface area contributed by atoms with Crippen LogP contribution in [0.3, 0.4) is 0 Å². The summed E-state index contributed by atoms with van der Waals surface area (Å²) < 4.78 is 2.05. The fourth-order valence-electron chi connectivity index (χ4n) is 3.01. The summed E-state index contributed by atoms with van der Waals surface area (Å²) in [7, 11) is 0. The van der Waals surface area contributed by atoms with Crippen molar-refractivity contribution in [2.45, 2.75) is 38.8 Å². The molecular formula is C14H25N3O2. The molecular weight excluding hydrogens is 242 g/mol. The Labute approximate surface area is 114 Å². The molecule has 0 unspecified atom stereocenters. The molecule has 2 atom stereocenters. The number of aromatic nitrogens is 2. The van der Waals surface area contributed by atoms with Crippen molar-refractivity contribution in [3.63, 3.8) is 0 Å². The number of aliphatic hydroxyl groups excluding tert-OH is 2. The summed E-state index contributed by atoms with van der Waals surface area (Å²) >= 11 is 0. The van der Waals surface area contributed by atoms with Crippen LogP contribution >= 0.6 is 0 Å². The highest BCUT2D eigenvalue weighted by Crippen LogP contribution is 2.35.